The van der Waals surface area contributed by atoms with Crippen LogP contribution in [0.3, 0.4) is 0 Å². The normalized spacial score (nSPS) is 33.9. The standard InChI is InChI=1S/C20H22N4O2S/c1-19-7-6-12(10-14(19)17(26)22-18-21-8-9-27-18)20(11-19)23-15-5-3-2-4-13(15)16(25)24-20/h2-5,8-9,12,14,23H,6-7,10-11H2,1H3,(H,24,25)(H,21,22,26)/t12-,14-,19-,20+/m1/s1. The fourth-order valence-electron chi connectivity index (χ4n) is 5.33. The molecule has 3 N–H and O–H groups in total. The monoisotopic (exact) mass is 382 g/mol. The lowest BCUT2D eigenvalue weighted by Gasteiger charge is -2.60. The van der Waals surface area contributed by atoms with Crippen LogP contribution in [0.25, 0.3) is 0 Å². The first-order chi connectivity index (χ1) is 13.0. The van der Waals surface area contributed by atoms with Crippen molar-refractivity contribution in [2.45, 2.75) is 38.3 Å². The van der Waals surface area contributed by atoms with Crippen LogP contribution < -0.4 is 16.0 Å². The second kappa shape index (κ2) is 5.79. The summed E-state index contributed by atoms with van der Waals surface area (Å²) in [6.45, 7) is 2.19. The summed E-state index contributed by atoms with van der Waals surface area (Å²) in [7, 11) is 0. The summed E-state index contributed by atoms with van der Waals surface area (Å²) < 4.78 is 0. The molecule has 27 heavy (non-hydrogen) atoms. The number of carbonyl (C=O) groups excluding carboxylic acids is 2. The molecule has 2 aromatic rings. The van der Waals surface area contributed by atoms with Gasteiger partial charge in [-0.1, -0.05) is 19.1 Å². The Morgan fingerprint density at radius 1 is 1.33 bits per heavy atom. The van der Waals surface area contributed by atoms with E-state index in [0.717, 1.165) is 31.4 Å². The summed E-state index contributed by atoms with van der Waals surface area (Å²) in [5, 5.41) is 12.4. The Morgan fingerprint density at radius 2 is 2.19 bits per heavy atom. The fourth-order valence-corrected chi connectivity index (χ4v) is 5.86. The highest BCUT2D eigenvalue weighted by Crippen LogP contribution is 2.58. The Balaban J connectivity index is 1.43. The number of para-hydroxylation sites is 1. The van der Waals surface area contributed by atoms with Gasteiger partial charge in [-0.3, -0.25) is 9.59 Å². The fraction of sp³-hybridized carbons (Fsp3) is 0.450. The molecule has 1 aromatic carbocycles. The molecule has 4 aliphatic rings. The van der Waals surface area contributed by atoms with Crippen LogP contribution in [0.5, 0.6) is 0 Å². The highest BCUT2D eigenvalue weighted by molar-refractivity contribution is 7.13. The largest absolute Gasteiger partial charge is 0.362 e. The predicted octanol–water partition coefficient (Wildman–Crippen LogP) is 3.46. The lowest BCUT2D eigenvalue weighted by molar-refractivity contribution is -0.134. The quantitative estimate of drug-likeness (QED) is 0.743. The van der Waals surface area contributed by atoms with Crippen LogP contribution >= 0.6 is 11.3 Å². The van der Waals surface area contributed by atoms with E-state index in [4.69, 9.17) is 0 Å². The lowest BCUT2D eigenvalue weighted by atomic mass is 9.51. The number of fused-ring (bicyclic) bond motifs is 3. The molecule has 4 atom stereocenters. The number of thiazole rings is 1. The van der Waals surface area contributed by atoms with Gasteiger partial charge in [-0.15, -0.1) is 11.3 Å². The van der Waals surface area contributed by atoms with E-state index in [0.29, 0.717) is 10.7 Å². The number of amides is 2. The lowest BCUT2D eigenvalue weighted by Crippen LogP contribution is -2.70. The molecule has 6 rings (SSSR count). The van der Waals surface area contributed by atoms with Crippen molar-refractivity contribution < 1.29 is 9.59 Å². The van der Waals surface area contributed by atoms with Crippen molar-refractivity contribution in [3.05, 3.63) is 41.4 Å². The Hall–Kier alpha value is -2.41. The Morgan fingerprint density at radius 3 is 2.96 bits per heavy atom. The first kappa shape index (κ1) is 16.7. The van der Waals surface area contributed by atoms with Gasteiger partial charge in [0, 0.05) is 29.1 Å². The number of nitrogens with zero attached hydrogens (tertiary/aromatic N) is 1. The van der Waals surface area contributed by atoms with Crippen LogP contribution in [-0.2, 0) is 4.79 Å². The van der Waals surface area contributed by atoms with Gasteiger partial charge in [0.25, 0.3) is 5.91 Å². The number of rotatable bonds is 2. The Bertz CT molecular complexity index is 914. The smallest absolute Gasteiger partial charge is 0.255 e. The highest BCUT2D eigenvalue weighted by Gasteiger charge is 2.60. The third kappa shape index (κ3) is 2.56. The van der Waals surface area contributed by atoms with E-state index in [1.165, 1.54) is 11.3 Å². The summed E-state index contributed by atoms with van der Waals surface area (Å²) in [6.07, 6.45) is 5.22. The maximum Gasteiger partial charge on any atom is 0.255 e. The van der Waals surface area contributed by atoms with E-state index in [9.17, 15) is 9.59 Å². The molecule has 7 heteroatoms. The van der Waals surface area contributed by atoms with Crippen molar-refractivity contribution in [1.82, 2.24) is 10.3 Å². The molecule has 1 spiro atoms. The molecular formula is C20H22N4O2S. The molecule has 3 aliphatic carbocycles. The molecule has 0 saturated heterocycles. The highest BCUT2D eigenvalue weighted by atomic mass is 32.1. The maximum absolute atomic E-state index is 12.9. The van der Waals surface area contributed by atoms with Crippen LogP contribution in [0.15, 0.2) is 35.8 Å². The summed E-state index contributed by atoms with van der Waals surface area (Å²) in [4.78, 5) is 29.8. The molecule has 2 heterocycles. The minimum atomic E-state index is -0.462. The zero-order chi connectivity index (χ0) is 18.6. The second-order valence-electron chi connectivity index (χ2n) is 8.28. The Kier molecular flexibility index (Phi) is 3.59. The van der Waals surface area contributed by atoms with E-state index in [1.54, 1.807) is 6.20 Å². The molecule has 1 aliphatic heterocycles. The van der Waals surface area contributed by atoms with Gasteiger partial charge in [-0.2, -0.15) is 0 Å². The van der Waals surface area contributed by atoms with Crippen LogP contribution in [-0.4, -0.2) is 22.5 Å². The van der Waals surface area contributed by atoms with E-state index in [-0.39, 0.29) is 29.1 Å². The van der Waals surface area contributed by atoms with Gasteiger partial charge in [-0.05, 0) is 43.2 Å². The molecule has 1 aromatic heterocycles. The van der Waals surface area contributed by atoms with Gasteiger partial charge in [0.1, 0.15) is 5.66 Å². The average molecular weight is 382 g/mol. The van der Waals surface area contributed by atoms with Crippen molar-refractivity contribution in [2.24, 2.45) is 17.3 Å². The van der Waals surface area contributed by atoms with E-state index < -0.39 is 5.66 Å². The summed E-state index contributed by atoms with van der Waals surface area (Å²) in [5.74, 6) is 0.184. The van der Waals surface area contributed by atoms with Gasteiger partial charge < -0.3 is 16.0 Å². The molecule has 0 unspecified atom stereocenters. The van der Waals surface area contributed by atoms with Crippen LogP contribution in [0, 0.1) is 17.3 Å². The molecule has 2 amide bonds. The number of aromatic nitrogens is 1. The first-order valence-electron chi connectivity index (χ1n) is 9.39. The second-order valence-corrected chi connectivity index (χ2v) is 9.17. The van der Waals surface area contributed by atoms with Gasteiger partial charge in [0.15, 0.2) is 5.13 Å². The third-order valence-corrected chi connectivity index (χ3v) is 7.34. The van der Waals surface area contributed by atoms with Crippen LogP contribution in [0.4, 0.5) is 10.8 Å². The number of carbonyl (C=O) groups is 2. The molecule has 6 nitrogen and oxygen atoms in total. The average Bonchev–Trinajstić information content (AvgIpc) is 3.14. The predicted molar refractivity (Wildman–Crippen MR) is 105 cm³/mol. The summed E-state index contributed by atoms with van der Waals surface area (Å²) in [6, 6.07) is 7.64. The zero-order valence-corrected chi connectivity index (χ0v) is 15.9. The van der Waals surface area contributed by atoms with E-state index in [2.05, 4.69) is 27.9 Å². The SMILES string of the molecule is C[C@]12CC[C@H](C[C@@H]1C(=O)Nc1nccs1)[C@]1(C2)NC(=O)c2ccccc2N1. The first-order valence-corrected chi connectivity index (χ1v) is 10.3. The summed E-state index contributed by atoms with van der Waals surface area (Å²) >= 11 is 1.44. The number of anilines is 2. The Labute approximate surface area is 161 Å². The minimum Gasteiger partial charge on any atom is -0.362 e. The maximum atomic E-state index is 12.9. The van der Waals surface area contributed by atoms with Gasteiger partial charge in [0.2, 0.25) is 5.91 Å². The number of hydrogen-bond acceptors (Lipinski definition) is 5. The minimum absolute atomic E-state index is 0.0238. The molecule has 3 saturated carbocycles. The van der Waals surface area contributed by atoms with E-state index in [1.807, 2.05) is 29.6 Å². The van der Waals surface area contributed by atoms with Gasteiger partial charge in [-0.25, -0.2) is 4.98 Å². The molecule has 3 fully saturated rings. The summed E-state index contributed by atoms with van der Waals surface area (Å²) in [5.41, 5.74) is 0.952. The molecule has 2 bridgehead atoms. The van der Waals surface area contributed by atoms with Crippen LogP contribution in [0.1, 0.15) is 43.0 Å². The number of hydrogen-bond donors (Lipinski definition) is 3. The number of nitrogens with one attached hydrogen (secondary N) is 3. The van der Waals surface area contributed by atoms with Crippen LogP contribution in [0.2, 0.25) is 0 Å². The number of benzene rings is 1. The molecule has 140 valence electrons. The molecular weight excluding hydrogens is 360 g/mol. The van der Waals surface area contributed by atoms with Gasteiger partial charge >= 0.3 is 0 Å². The van der Waals surface area contributed by atoms with Crippen molar-refractivity contribution in [2.75, 3.05) is 10.6 Å². The van der Waals surface area contributed by atoms with Crippen molar-refractivity contribution >= 4 is 34.0 Å². The van der Waals surface area contributed by atoms with Gasteiger partial charge in [0.05, 0.1) is 5.56 Å². The zero-order valence-electron chi connectivity index (χ0n) is 15.1. The van der Waals surface area contributed by atoms with Crippen molar-refractivity contribution in [3.8, 4) is 0 Å². The van der Waals surface area contributed by atoms with E-state index >= 15 is 0 Å². The van der Waals surface area contributed by atoms with Crippen molar-refractivity contribution in [3.63, 3.8) is 0 Å². The van der Waals surface area contributed by atoms with Crippen molar-refractivity contribution in [1.29, 1.82) is 0 Å². The topological polar surface area (TPSA) is 83.1 Å². The third-order valence-electron chi connectivity index (χ3n) is 6.65. The molecule has 0 radical (unpaired) electrons.